The molecule has 1 aromatic rings. The van der Waals surface area contributed by atoms with Crippen LogP contribution in [0.2, 0.25) is 5.02 Å². The van der Waals surface area contributed by atoms with E-state index in [2.05, 4.69) is 44.5 Å². The van der Waals surface area contributed by atoms with Crippen molar-refractivity contribution in [1.82, 2.24) is 0 Å². The molecule has 82 valence electrons. The van der Waals surface area contributed by atoms with Crippen molar-refractivity contribution in [3.05, 3.63) is 28.8 Å². The summed E-state index contributed by atoms with van der Waals surface area (Å²) < 4.78 is 2.24. The van der Waals surface area contributed by atoms with E-state index in [0.29, 0.717) is 0 Å². The Morgan fingerprint density at radius 2 is 1.87 bits per heavy atom. The molecule has 0 atom stereocenters. The molecule has 0 fully saturated rings. The summed E-state index contributed by atoms with van der Waals surface area (Å²) in [5.74, 6) is 0. The average Bonchev–Trinajstić information content (AvgIpc) is 2.29. The number of hydrogen-bond acceptors (Lipinski definition) is 0. The second-order valence-electron chi connectivity index (χ2n) is 4.43. The third-order valence-electron chi connectivity index (χ3n) is 3.40. The van der Waals surface area contributed by atoms with Crippen LogP contribution < -0.4 is 24.0 Å². The van der Waals surface area contributed by atoms with Gasteiger partial charge >= 0.3 is 0 Å². The predicted molar refractivity (Wildman–Crippen MR) is 61.0 cm³/mol. The third kappa shape index (κ3) is 1.82. The Labute approximate surface area is 113 Å². The largest absolute Gasteiger partial charge is 1.00 e. The molecule has 0 spiro atoms. The van der Waals surface area contributed by atoms with Crippen LogP contribution in [0.15, 0.2) is 18.2 Å². The summed E-state index contributed by atoms with van der Waals surface area (Å²) in [6.07, 6.45) is 0. The summed E-state index contributed by atoms with van der Waals surface area (Å²) in [5, 5.41) is 0.819. The average molecular weight is 336 g/mol. The second-order valence-corrected chi connectivity index (χ2v) is 4.87. The van der Waals surface area contributed by atoms with Crippen molar-refractivity contribution in [3.63, 3.8) is 0 Å². The van der Waals surface area contributed by atoms with E-state index in [1.807, 2.05) is 6.07 Å². The predicted octanol–water partition coefficient (Wildman–Crippen LogP) is 0.370. The maximum absolute atomic E-state index is 6.02. The normalized spacial score (nSPS) is 17.4. The van der Waals surface area contributed by atoms with Gasteiger partial charge in [-0.1, -0.05) is 11.6 Å². The first-order valence-electron chi connectivity index (χ1n) is 4.82. The Morgan fingerprint density at radius 3 is 2.47 bits per heavy atom. The highest BCUT2D eigenvalue weighted by atomic mass is 127. The van der Waals surface area contributed by atoms with Gasteiger partial charge in [0.1, 0.15) is 7.05 Å². The van der Waals surface area contributed by atoms with Crippen LogP contribution in [0, 0.1) is 0 Å². The van der Waals surface area contributed by atoms with Gasteiger partial charge in [-0.25, -0.2) is 4.58 Å². The van der Waals surface area contributed by atoms with Crippen molar-refractivity contribution < 1.29 is 28.6 Å². The molecule has 1 heterocycles. The van der Waals surface area contributed by atoms with Crippen LogP contribution in [0.1, 0.15) is 26.3 Å². The molecule has 0 unspecified atom stereocenters. The highest BCUT2D eigenvalue weighted by molar-refractivity contribution is 6.30. The highest BCUT2D eigenvalue weighted by Crippen LogP contribution is 2.39. The van der Waals surface area contributed by atoms with Gasteiger partial charge in [0, 0.05) is 23.6 Å². The molecular formula is C12H15ClIN. The molecule has 1 aromatic carbocycles. The number of halogens is 2. The molecule has 1 nitrogen and oxygen atoms in total. The van der Waals surface area contributed by atoms with E-state index >= 15 is 0 Å². The summed E-state index contributed by atoms with van der Waals surface area (Å²) in [4.78, 5) is 0. The van der Waals surface area contributed by atoms with Crippen molar-refractivity contribution in [1.29, 1.82) is 0 Å². The molecule has 0 radical (unpaired) electrons. The lowest BCUT2D eigenvalue weighted by Gasteiger charge is -2.14. The fraction of sp³-hybridized carbons (Fsp3) is 0.417. The first-order chi connectivity index (χ1) is 6.44. The molecule has 1 aliphatic heterocycles. The van der Waals surface area contributed by atoms with Crippen LogP contribution in [0.4, 0.5) is 5.69 Å². The molecule has 0 bridgehead atoms. The van der Waals surface area contributed by atoms with Crippen LogP contribution in [0.5, 0.6) is 0 Å². The minimum Gasteiger partial charge on any atom is -1.00 e. The van der Waals surface area contributed by atoms with Crippen molar-refractivity contribution in [3.8, 4) is 0 Å². The minimum atomic E-state index is 0. The molecular weight excluding hydrogens is 320 g/mol. The van der Waals surface area contributed by atoms with Crippen LogP contribution >= 0.6 is 11.6 Å². The van der Waals surface area contributed by atoms with E-state index in [1.165, 1.54) is 17.0 Å². The highest BCUT2D eigenvalue weighted by Gasteiger charge is 2.41. The summed E-state index contributed by atoms with van der Waals surface area (Å²) in [5.41, 5.74) is 4.08. The number of fused-ring (bicyclic) bond motifs is 1. The first kappa shape index (κ1) is 13.0. The quantitative estimate of drug-likeness (QED) is 0.476. The van der Waals surface area contributed by atoms with E-state index < -0.39 is 0 Å². The van der Waals surface area contributed by atoms with Crippen LogP contribution in [-0.4, -0.2) is 17.3 Å². The number of rotatable bonds is 0. The van der Waals surface area contributed by atoms with Crippen molar-refractivity contribution in [2.45, 2.75) is 26.2 Å². The van der Waals surface area contributed by atoms with Gasteiger partial charge in [0.25, 0.3) is 0 Å². The zero-order valence-electron chi connectivity index (χ0n) is 9.44. The lowest BCUT2D eigenvalue weighted by Crippen LogP contribution is -3.00. The summed E-state index contributed by atoms with van der Waals surface area (Å²) in [6, 6.07) is 6.12. The van der Waals surface area contributed by atoms with Gasteiger partial charge in [-0.3, -0.25) is 0 Å². The van der Waals surface area contributed by atoms with E-state index in [4.69, 9.17) is 11.6 Å². The standard InChI is InChI=1S/C12H15ClN.HI/c1-8-12(2,3)10-7-9(13)5-6-11(10)14(8)4;/h5-7H,1-4H3;1H/q+1;/p-1. The van der Waals surface area contributed by atoms with E-state index in [1.54, 1.807) is 0 Å². The van der Waals surface area contributed by atoms with Gasteiger partial charge in [0.05, 0.1) is 5.41 Å². The molecule has 1 aliphatic rings. The van der Waals surface area contributed by atoms with Crippen LogP contribution in [0.25, 0.3) is 0 Å². The van der Waals surface area contributed by atoms with Gasteiger partial charge < -0.3 is 24.0 Å². The van der Waals surface area contributed by atoms with E-state index in [9.17, 15) is 0 Å². The molecule has 0 aliphatic carbocycles. The van der Waals surface area contributed by atoms with Gasteiger partial charge in [-0.15, -0.1) is 0 Å². The molecule has 3 heteroatoms. The minimum absolute atomic E-state index is 0. The lowest BCUT2D eigenvalue weighted by atomic mass is 9.82. The SMILES string of the molecule is CC1=[N+](C)c2ccc(Cl)cc2C1(C)C.[I-]. The molecule has 0 saturated carbocycles. The molecule has 0 N–H and O–H groups in total. The first-order valence-corrected chi connectivity index (χ1v) is 5.20. The Kier molecular flexibility index (Phi) is 3.51. The Hall–Kier alpha value is -0.0900. The topological polar surface area (TPSA) is 3.01 Å². The van der Waals surface area contributed by atoms with Gasteiger partial charge in [-0.05, 0) is 26.0 Å². The lowest BCUT2D eigenvalue weighted by molar-refractivity contribution is -0.403. The summed E-state index contributed by atoms with van der Waals surface area (Å²) in [6.45, 7) is 6.65. The molecule has 15 heavy (non-hydrogen) atoms. The zero-order valence-corrected chi connectivity index (χ0v) is 12.3. The van der Waals surface area contributed by atoms with Crippen LogP contribution in [0.3, 0.4) is 0 Å². The number of benzene rings is 1. The van der Waals surface area contributed by atoms with Crippen LogP contribution in [-0.2, 0) is 5.41 Å². The second kappa shape index (κ2) is 4.06. The number of hydrogen-bond donors (Lipinski definition) is 0. The third-order valence-corrected chi connectivity index (χ3v) is 3.64. The van der Waals surface area contributed by atoms with Crippen molar-refractivity contribution in [2.75, 3.05) is 7.05 Å². The number of nitrogens with zero attached hydrogens (tertiary/aromatic N) is 1. The van der Waals surface area contributed by atoms with Crippen molar-refractivity contribution in [2.24, 2.45) is 0 Å². The molecule has 0 saturated heterocycles. The van der Waals surface area contributed by atoms with Crippen molar-refractivity contribution >= 4 is 23.0 Å². The van der Waals surface area contributed by atoms with Gasteiger partial charge in [0.2, 0.25) is 5.69 Å². The Bertz CT molecular complexity index is 435. The maximum atomic E-state index is 6.02. The summed E-state index contributed by atoms with van der Waals surface area (Å²) in [7, 11) is 2.11. The monoisotopic (exact) mass is 335 g/mol. The van der Waals surface area contributed by atoms with Gasteiger partial charge in [-0.2, -0.15) is 0 Å². The Balaban J connectivity index is 0.00000112. The molecule has 0 aromatic heterocycles. The zero-order chi connectivity index (χ0) is 10.5. The fourth-order valence-corrected chi connectivity index (χ4v) is 2.27. The van der Waals surface area contributed by atoms with Gasteiger partial charge in [0.15, 0.2) is 5.71 Å². The van der Waals surface area contributed by atoms with E-state index in [0.717, 1.165) is 5.02 Å². The van der Waals surface area contributed by atoms with E-state index in [-0.39, 0.29) is 29.4 Å². The molecule has 2 rings (SSSR count). The smallest absolute Gasteiger partial charge is 0.209 e. The maximum Gasteiger partial charge on any atom is 0.209 e. The fourth-order valence-electron chi connectivity index (χ4n) is 2.10. The summed E-state index contributed by atoms with van der Waals surface area (Å²) >= 11 is 6.02. The molecule has 0 amide bonds. The Morgan fingerprint density at radius 1 is 1.27 bits per heavy atom.